The second-order valence-corrected chi connectivity index (χ2v) is 4.94. The first-order valence-electron chi connectivity index (χ1n) is 6.88. The Bertz CT molecular complexity index is 242. The van der Waals surface area contributed by atoms with Crippen molar-refractivity contribution in [3.63, 3.8) is 0 Å². The summed E-state index contributed by atoms with van der Waals surface area (Å²) in [6.07, 6.45) is 1.10. The quantitative estimate of drug-likeness (QED) is 0.696. The van der Waals surface area contributed by atoms with Gasteiger partial charge in [0.15, 0.2) is 0 Å². The Kier molecular flexibility index (Phi) is 7.23. The first kappa shape index (κ1) is 15.4. The van der Waals surface area contributed by atoms with Crippen molar-refractivity contribution in [3.05, 3.63) is 0 Å². The Morgan fingerprint density at radius 3 is 2.67 bits per heavy atom. The van der Waals surface area contributed by atoms with Gasteiger partial charge in [0, 0.05) is 19.6 Å². The van der Waals surface area contributed by atoms with E-state index in [0.717, 1.165) is 52.4 Å². The molecule has 0 aromatic heterocycles. The van der Waals surface area contributed by atoms with Crippen LogP contribution in [0.15, 0.2) is 0 Å². The Morgan fingerprint density at radius 2 is 2.11 bits per heavy atom. The normalized spacial score (nSPS) is 19.1. The van der Waals surface area contributed by atoms with Crippen molar-refractivity contribution in [2.75, 3.05) is 52.5 Å². The Labute approximate surface area is 110 Å². The maximum atomic E-state index is 10.8. The molecule has 1 atom stereocenters. The molecule has 18 heavy (non-hydrogen) atoms. The lowest BCUT2D eigenvalue weighted by Crippen LogP contribution is -2.39. The van der Waals surface area contributed by atoms with Crippen molar-refractivity contribution in [1.29, 1.82) is 0 Å². The van der Waals surface area contributed by atoms with Crippen molar-refractivity contribution >= 4 is 5.97 Å². The summed E-state index contributed by atoms with van der Waals surface area (Å²) in [4.78, 5) is 15.5. The van der Waals surface area contributed by atoms with Gasteiger partial charge in [-0.1, -0.05) is 13.8 Å². The average molecular weight is 258 g/mol. The molecule has 0 aliphatic carbocycles. The maximum absolute atomic E-state index is 10.8. The Morgan fingerprint density at radius 1 is 1.44 bits per heavy atom. The van der Waals surface area contributed by atoms with Crippen molar-refractivity contribution < 1.29 is 14.6 Å². The van der Waals surface area contributed by atoms with E-state index in [1.807, 2.05) is 0 Å². The van der Waals surface area contributed by atoms with Gasteiger partial charge in [0.25, 0.3) is 0 Å². The summed E-state index contributed by atoms with van der Waals surface area (Å²) in [5.74, 6) is -0.991. The molecular weight excluding hydrogens is 232 g/mol. The van der Waals surface area contributed by atoms with E-state index in [2.05, 4.69) is 16.7 Å². The number of morpholine rings is 1. The number of carbonyl (C=O) groups is 1. The standard InChI is InChI=1S/C13H26N2O3/c1-3-14(11-12(2)13(16)17)5-4-6-15-7-9-18-10-8-15/h12H,3-11H2,1-2H3,(H,16,17). The summed E-state index contributed by atoms with van der Waals surface area (Å²) in [5.41, 5.74) is 0. The zero-order valence-corrected chi connectivity index (χ0v) is 11.6. The molecule has 1 aliphatic rings. The number of aliphatic carboxylic acids is 1. The first-order valence-corrected chi connectivity index (χ1v) is 6.88. The molecule has 1 saturated heterocycles. The van der Waals surface area contributed by atoms with E-state index in [-0.39, 0.29) is 5.92 Å². The van der Waals surface area contributed by atoms with Gasteiger partial charge >= 0.3 is 5.97 Å². The van der Waals surface area contributed by atoms with Gasteiger partial charge in [0.1, 0.15) is 0 Å². The van der Waals surface area contributed by atoms with Gasteiger partial charge in [-0.3, -0.25) is 9.69 Å². The van der Waals surface area contributed by atoms with Crippen LogP contribution in [0.3, 0.4) is 0 Å². The summed E-state index contributed by atoms with van der Waals surface area (Å²) in [5, 5.41) is 8.91. The highest BCUT2D eigenvalue weighted by molar-refractivity contribution is 5.69. The molecule has 0 amide bonds. The highest BCUT2D eigenvalue weighted by atomic mass is 16.5. The van der Waals surface area contributed by atoms with E-state index in [0.29, 0.717) is 6.54 Å². The van der Waals surface area contributed by atoms with Crippen molar-refractivity contribution in [2.45, 2.75) is 20.3 Å². The predicted octanol–water partition coefficient (Wildman–Crippen LogP) is 0.751. The van der Waals surface area contributed by atoms with E-state index in [1.54, 1.807) is 6.92 Å². The van der Waals surface area contributed by atoms with Crippen molar-refractivity contribution in [3.8, 4) is 0 Å². The van der Waals surface area contributed by atoms with E-state index in [1.165, 1.54) is 0 Å². The molecule has 1 aliphatic heterocycles. The Balaban J connectivity index is 2.16. The van der Waals surface area contributed by atoms with Gasteiger partial charge in [0.05, 0.1) is 19.1 Å². The lowest BCUT2D eigenvalue weighted by molar-refractivity contribution is -0.141. The van der Waals surface area contributed by atoms with Gasteiger partial charge in [-0.25, -0.2) is 0 Å². The number of rotatable bonds is 8. The molecule has 0 saturated carbocycles. The number of hydrogen-bond acceptors (Lipinski definition) is 4. The van der Waals surface area contributed by atoms with Crippen LogP contribution in [0, 0.1) is 5.92 Å². The topological polar surface area (TPSA) is 53.0 Å². The molecule has 1 heterocycles. The number of carboxylic acid groups (broad SMARTS) is 1. The van der Waals surface area contributed by atoms with E-state index in [4.69, 9.17) is 9.84 Å². The molecule has 5 nitrogen and oxygen atoms in total. The fourth-order valence-corrected chi connectivity index (χ4v) is 2.19. The van der Waals surface area contributed by atoms with Gasteiger partial charge < -0.3 is 14.7 Å². The second kappa shape index (κ2) is 8.45. The summed E-state index contributed by atoms with van der Waals surface area (Å²) in [7, 11) is 0. The molecule has 0 spiro atoms. The molecule has 0 radical (unpaired) electrons. The number of hydrogen-bond donors (Lipinski definition) is 1. The fraction of sp³-hybridized carbons (Fsp3) is 0.923. The van der Waals surface area contributed by atoms with Crippen LogP contribution in [0.2, 0.25) is 0 Å². The molecular formula is C13H26N2O3. The molecule has 0 aromatic carbocycles. The molecule has 1 fully saturated rings. The maximum Gasteiger partial charge on any atom is 0.307 e. The summed E-state index contributed by atoms with van der Waals surface area (Å²) in [6.45, 7) is 11.2. The van der Waals surface area contributed by atoms with Crippen LogP contribution in [0.25, 0.3) is 0 Å². The van der Waals surface area contributed by atoms with Crippen LogP contribution >= 0.6 is 0 Å². The van der Waals surface area contributed by atoms with Crippen LogP contribution in [0.5, 0.6) is 0 Å². The molecule has 106 valence electrons. The number of nitrogens with zero attached hydrogens (tertiary/aromatic N) is 2. The largest absolute Gasteiger partial charge is 0.481 e. The monoisotopic (exact) mass is 258 g/mol. The van der Waals surface area contributed by atoms with E-state index < -0.39 is 5.97 Å². The van der Waals surface area contributed by atoms with Crippen LogP contribution in [-0.4, -0.2) is 73.4 Å². The van der Waals surface area contributed by atoms with Crippen LogP contribution in [0.1, 0.15) is 20.3 Å². The van der Waals surface area contributed by atoms with Gasteiger partial charge in [-0.15, -0.1) is 0 Å². The van der Waals surface area contributed by atoms with Crippen LogP contribution < -0.4 is 0 Å². The highest BCUT2D eigenvalue weighted by Gasteiger charge is 2.15. The summed E-state index contributed by atoms with van der Waals surface area (Å²) in [6, 6.07) is 0. The summed E-state index contributed by atoms with van der Waals surface area (Å²) < 4.78 is 5.31. The summed E-state index contributed by atoms with van der Waals surface area (Å²) >= 11 is 0. The average Bonchev–Trinajstić information content (AvgIpc) is 2.38. The molecule has 1 rings (SSSR count). The van der Waals surface area contributed by atoms with E-state index in [9.17, 15) is 4.79 Å². The van der Waals surface area contributed by atoms with E-state index >= 15 is 0 Å². The third-order valence-electron chi connectivity index (χ3n) is 3.45. The molecule has 1 unspecified atom stereocenters. The Hall–Kier alpha value is -0.650. The van der Waals surface area contributed by atoms with Crippen LogP contribution in [-0.2, 0) is 9.53 Å². The first-order chi connectivity index (χ1) is 8.63. The fourth-order valence-electron chi connectivity index (χ4n) is 2.19. The predicted molar refractivity (Wildman–Crippen MR) is 70.8 cm³/mol. The minimum Gasteiger partial charge on any atom is -0.481 e. The SMILES string of the molecule is CCN(CCCN1CCOCC1)CC(C)C(=O)O. The number of carboxylic acids is 1. The minimum atomic E-state index is -0.707. The zero-order valence-electron chi connectivity index (χ0n) is 11.6. The zero-order chi connectivity index (χ0) is 13.4. The number of ether oxygens (including phenoxy) is 1. The third-order valence-corrected chi connectivity index (χ3v) is 3.45. The lowest BCUT2D eigenvalue weighted by atomic mass is 10.1. The van der Waals surface area contributed by atoms with Gasteiger partial charge in [0.2, 0.25) is 0 Å². The van der Waals surface area contributed by atoms with Gasteiger partial charge in [-0.2, -0.15) is 0 Å². The third kappa shape index (κ3) is 5.80. The van der Waals surface area contributed by atoms with Crippen LogP contribution in [0.4, 0.5) is 0 Å². The lowest BCUT2D eigenvalue weighted by Gasteiger charge is -2.28. The van der Waals surface area contributed by atoms with Gasteiger partial charge in [-0.05, 0) is 26.1 Å². The second-order valence-electron chi connectivity index (χ2n) is 4.94. The van der Waals surface area contributed by atoms with Crippen molar-refractivity contribution in [1.82, 2.24) is 9.80 Å². The molecule has 0 aromatic rings. The molecule has 5 heteroatoms. The molecule has 1 N–H and O–H groups in total. The smallest absolute Gasteiger partial charge is 0.307 e. The molecule has 0 bridgehead atoms. The minimum absolute atomic E-state index is 0.284. The van der Waals surface area contributed by atoms with Crippen molar-refractivity contribution in [2.24, 2.45) is 5.92 Å². The highest BCUT2D eigenvalue weighted by Crippen LogP contribution is 2.03.